The van der Waals surface area contributed by atoms with Crippen LogP contribution in [0.2, 0.25) is 5.02 Å². The number of carbonyl (C=O) groups excluding carboxylic acids is 2. The van der Waals surface area contributed by atoms with Gasteiger partial charge in [-0.25, -0.2) is 4.39 Å². The van der Waals surface area contributed by atoms with Gasteiger partial charge in [0.25, 0.3) is 0 Å². The molecule has 0 aromatic heterocycles. The highest BCUT2D eigenvalue weighted by Crippen LogP contribution is 2.17. The topological polar surface area (TPSA) is 49.4 Å². The summed E-state index contributed by atoms with van der Waals surface area (Å²) in [5.74, 6) is -0.913. The van der Waals surface area contributed by atoms with Crippen molar-refractivity contribution in [3.05, 3.63) is 34.6 Å². The standard InChI is InChI=1S/C12H12ClFN2O2/c1-7-12(18)16(6-11(17)15-7)5-8-4-9(13)2-3-10(8)14/h2-4,7H,5-6H2,1H3,(H,15,17). The zero-order chi connectivity index (χ0) is 13.3. The van der Waals surface area contributed by atoms with Crippen molar-refractivity contribution in [2.45, 2.75) is 19.5 Å². The van der Waals surface area contributed by atoms with E-state index in [0.29, 0.717) is 10.6 Å². The number of piperazine rings is 1. The number of hydrogen-bond donors (Lipinski definition) is 1. The Labute approximate surface area is 109 Å². The van der Waals surface area contributed by atoms with Crippen LogP contribution in [-0.2, 0) is 16.1 Å². The lowest BCUT2D eigenvalue weighted by Gasteiger charge is -2.30. The first-order valence-electron chi connectivity index (χ1n) is 5.49. The van der Waals surface area contributed by atoms with Crippen LogP contribution in [-0.4, -0.2) is 29.3 Å². The fourth-order valence-electron chi connectivity index (χ4n) is 1.88. The Hall–Kier alpha value is -1.62. The molecule has 0 saturated carbocycles. The van der Waals surface area contributed by atoms with Gasteiger partial charge in [-0.3, -0.25) is 9.59 Å². The van der Waals surface area contributed by atoms with Crippen LogP contribution in [0.25, 0.3) is 0 Å². The first kappa shape index (κ1) is 12.8. The molecule has 1 aromatic carbocycles. The molecular formula is C12H12ClFN2O2. The van der Waals surface area contributed by atoms with Gasteiger partial charge in [0.15, 0.2) is 0 Å². The van der Waals surface area contributed by atoms with Crippen molar-refractivity contribution in [3.8, 4) is 0 Å². The van der Waals surface area contributed by atoms with Gasteiger partial charge in [0.1, 0.15) is 11.9 Å². The highest BCUT2D eigenvalue weighted by atomic mass is 35.5. The third-order valence-corrected chi connectivity index (χ3v) is 3.00. The van der Waals surface area contributed by atoms with Crippen molar-refractivity contribution in [3.63, 3.8) is 0 Å². The smallest absolute Gasteiger partial charge is 0.245 e. The van der Waals surface area contributed by atoms with Gasteiger partial charge in [-0.05, 0) is 25.1 Å². The number of nitrogens with zero attached hydrogens (tertiary/aromatic N) is 1. The van der Waals surface area contributed by atoms with Crippen LogP contribution in [0, 0.1) is 5.82 Å². The molecule has 18 heavy (non-hydrogen) atoms. The number of amides is 2. The van der Waals surface area contributed by atoms with E-state index in [1.165, 1.54) is 23.1 Å². The van der Waals surface area contributed by atoms with Crippen molar-refractivity contribution < 1.29 is 14.0 Å². The summed E-state index contributed by atoms with van der Waals surface area (Å²) >= 11 is 5.78. The molecule has 2 rings (SSSR count). The van der Waals surface area contributed by atoms with Gasteiger partial charge in [0, 0.05) is 17.1 Å². The first-order valence-corrected chi connectivity index (χ1v) is 5.87. The van der Waals surface area contributed by atoms with Crippen molar-refractivity contribution in [1.82, 2.24) is 10.2 Å². The van der Waals surface area contributed by atoms with Gasteiger partial charge >= 0.3 is 0 Å². The monoisotopic (exact) mass is 270 g/mol. The van der Waals surface area contributed by atoms with Crippen molar-refractivity contribution in [1.29, 1.82) is 0 Å². The van der Waals surface area contributed by atoms with Gasteiger partial charge in [0.05, 0.1) is 6.54 Å². The molecular weight excluding hydrogens is 259 g/mol. The second-order valence-electron chi connectivity index (χ2n) is 4.22. The Kier molecular flexibility index (Phi) is 3.52. The van der Waals surface area contributed by atoms with Crippen LogP contribution in [0.5, 0.6) is 0 Å². The molecule has 0 spiro atoms. The normalized spacial score (nSPS) is 19.9. The summed E-state index contributed by atoms with van der Waals surface area (Å²) in [6.45, 7) is 1.58. The Bertz CT molecular complexity index is 507. The van der Waals surface area contributed by atoms with E-state index >= 15 is 0 Å². The van der Waals surface area contributed by atoms with Gasteiger partial charge < -0.3 is 10.2 Å². The highest BCUT2D eigenvalue weighted by molar-refractivity contribution is 6.30. The summed E-state index contributed by atoms with van der Waals surface area (Å²) in [5, 5.41) is 2.92. The number of carbonyl (C=O) groups is 2. The summed E-state index contributed by atoms with van der Waals surface area (Å²) in [5.41, 5.74) is 0.303. The van der Waals surface area contributed by atoms with Crippen LogP contribution < -0.4 is 5.32 Å². The molecule has 0 radical (unpaired) electrons. The Balaban J connectivity index is 2.19. The quantitative estimate of drug-likeness (QED) is 0.881. The van der Waals surface area contributed by atoms with Crippen molar-refractivity contribution >= 4 is 23.4 Å². The molecule has 1 atom stereocenters. The molecule has 1 N–H and O–H groups in total. The lowest BCUT2D eigenvalue weighted by Crippen LogP contribution is -2.56. The minimum atomic E-state index is -0.575. The van der Waals surface area contributed by atoms with E-state index in [1.54, 1.807) is 6.92 Å². The summed E-state index contributed by atoms with van der Waals surface area (Å²) in [4.78, 5) is 24.5. The van der Waals surface area contributed by atoms with E-state index in [9.17, 15) is 14.0 Å². The fraction of sp³-hybridized carbons (Fsp3) is 0.333. The maximum atomic E-state index is 13.5. The van der Waals surface area contributed by atoms with Gasteiger partial charge in [-0.2, -0.15) is 0 Å². The van der Waals surface area contributed by atoms with Gasteiger partial charge in [-0.15, -0.1) is 0 Å². The third kappa shape index (κ3) is 2.61. The van der Waals surface area contributed by atoms with E-state index in [1.807, 2.05) is 0 Å². The summed E-state index contributed by atoms with van der Waals surface area (Å²) < 4.78 is 13.5. The molecule has 4 nitrogen and oxygen atoms in total. The average Bonchev–Trinajstić information content (AvgIpc) is 2.30. The zero-order valence-corrected chi connectivity index (χ0v) is 10.5. The summed E-state index contributed by atoms with van der Waals surface area (Å²) in [6, 6.07) is 3.57. The maximum absolute atomic E-state index is 13.5. The summed E-state index contributed by atoms with van der Waals surface area (Å²) in [6.07, 6.45) is 0. The minimum Gasteiger partial charge on any atom is -0.343 e. The molecule has 1 aliphatic heterocycles. The van der Waals surface area contributed by atoms with E-state index < -0.39 is 11.9 Å². The Morgan fingerprint density at radius 1 is 1.50 bits per heavy atom. The number of hydrogen-bond acceptors (Lipinski definition) is 2. The fourth-order valence-corrected chi connectivity index (χ4v) is 2.07. The Morgan fingerprint density at radius 3 is 2.94 bits per heavy atom. The lowest BCUT2D eigenvalue weighted by atomic mass is 10.1. The maximum Gasteiger partial charge on any atom is 0.245 e. The van der Waals surface area contributed by atoms with E-state index in [4.69, 9.17) is 11.6 Å². The highest BCUT2D eigenvalue weighted by Gasteiger charge is 2.29. The number of rotatable bonds is 2. The molecule has 96 valence electrons. The predicted octanol–water partition coefficient (Wildman–Crippen LogP) is 1.33. The molecule has 1 unspecified atom stereocenters. The molecule has 1 aliphatic rings. The zero-order valence-electron chi connectivity index (χ0n) is 9.74. The molecule has 6 heteroatoms. The SMILES string of the molecule is CC1NC(=O)CN(Cc2cc(Cl)ccc2F)C1=O. The molecule has 1 aromatic rings. The lowest BCUT2D eigenvalue weighted by molar-refractivity contribution is -0.144. The predicted molar refractivity (Wildman–Crippen MR) is 64.4 cm³/mol. The number of nitrogens with one attached hydrogen (secondary N) is 1. The Morgan fingerprint density at radius 2 is 2.22 bits per heavy atom. The van der Waals surface area contributed by atoms with Crippen LogP contribution in [0.4, 0.5) is 4.39 Å². The molecule has 0 aliphatic carbocycles. The van der Waals surface area contributed by atoms with Crippen LogP contribution in [0.1, 0.15) is 12.5 Å². The van der Waals surface area contributed by atoms with Gasteiger partial charge in [0.2, 0.25) is 11.8 Å². The largest absolute Gasteiger partial charge is 0.343 e. The molecule has 1 fully saturated rings. The third-order valence-electron chi connectivity index (χ3n) is 2.76. The van der Waals surface area contributed by atoms with Crippen molar-refractivity contribution in [2.75, 3.05) is 6.54 Å². The first-order chi connectivity index (χ1) is 8.47. The van der Waals surface area contributed by atoms with E-state index in [-0.39, 0.29) is 24.9 Å². The number of halogens is 2. The summed E-state index contributed by atoms with van der Waals surface area (Å²) in [7, 11) is 0. The second kappa shape index (κ2) is 4.94. The minimum absolute atomic E-state index is 0.0446. The molecule has 1 heterocycles. The van der Waals surface area contributed by atoms with Crippen LogP contribution in [0.3, 0.4) is 0 Å². The molecule has 1 saturated heterocycles. The van der Waals surface area contributed by atoms with Crippen LogP contribution >= 0.6 is 11.6 Å². The van der Waals surface area contributed by atoms with E-state index in [2.05, 4.69) is 5.32 Å². The average molecular weight is 271 g/mol. The molecule has 2 amide bonds. The second-order valence-corrected chi connectivity index (χ2v) is 4.66. The van der Waals surface area contributed by atoms with Gasteiger partial charge in [-0.1, -0.05) is 11.6 Å². The van der Waals surface area contributed by atoms with Crippen LogP contribution in [0.15, 0.2) is 18.2 Å². The number of benzene rings is 1. The van der Waals surface area contributed by atoms with Crippen molar-refractivity contribution in [2.24, 2.45) is 0 Å². The molecule has 0 bridgehead atoms. The van der Waals surface area contributed by atoms with E-state index in [0.717, 1.165) is 0 Å².